The maximum absolute atomic E-state index is 12.2. The number of amides is 2. The zero-order valence-corrected chi connectivity index (χ0v) is 14.2. The van der Waals surface area contributed by atoms with Gasteiger partial charge in [0.05, 0.1) is 7.11 Å². The summed E-state index contributed by atoms with van der Waals surface area (Å²) in [7, 11) is 1.59. The maximum atomic E-state index is 12.2. The molecule has 132 valence electrons. The van der Waals surface area contributed by atoms with Gasteiger partial charge in [-0.2, -0.15) is 5.26 Å². The standard InChI is InChI=1S/C18H22N4O3/c1-25-16-4-2-13(3-5-16)11-21-18(24)15(10-19)12-22-8-6-14(7-9-22)17(20)23/h2-5,12,14H,6-9,11H2,1H3,(H2,20,23)(H,21,24). The van der Waals surface area contributed by atoms with Gasteiger partial charge in [-0.25, -0.2) is 0 Å². The lowest BCUT2D eigenvalue weighted by atomic mass is 9.96. The first-order chi connectivity index (χ1) is 12.0. The van der Waals surface area contributed by atoms with Crippen LogP contribution in [-0.4, -0.2) is 36.9 Å². The predicted molar refractivity (Wildman–Crippen MR) is 92.0 cm³/mol. The Hall–Kier alpha value is -3.01. The normalized spacial score (nSPS) is 15.4. The first-order valence-electron chi connectivity index (χ1n) is 8.10. The summed E-state index contributed by atoms with van der Waals surface area (Å²) < 4.78 is 5.08. The first kappa shape index (κ1) is 18.3. The van der Waals surface area contributed by atoms with Gasteiger partial charge in [-0.15, -0.1) is 0 Å². The third-order valence-corrected chi connectivity index (χ3v) is 4.22. The van der Waals surface area contributed by atoms with Crippen LogP contribution in [0.1, 0.15) is 18.4 Å². The minimum atomic E-state index is -0.421. The number of piperidine rings is 1. The number of rotatable bonds is 6. The van der Waals surface area contributed by atoms with Crippen molar-refractivity contribution in [1.29, 1.82) is 5.26 Å². The molecule has 3 N–H and O–H groups in total. The third-order valence-electron chi connectivity index (χ3n) is 4.22. The highest BCUT2D eigenvalue weighted by Crippen LogP contribution is 2.17. The van der Waals surface area contributed by atoms with E-state index in [4.69, 9.17) is 10.5 Å². The fourth-order valence-corrected chi connectivity index (χ4v) is 2.65. The number of hydrogen-bond donors (Lipinski definition) is 2. The number of ether oxygens (including phenoxy) is 1. The highest BCUT2D eigenvalue weighted by Gasteiger charge is 2.22. The predicted octanol–water partition coefficient (Wildman–Crippen LogP) is 0.916. The Morgan fingerprint density at radius 1 is 1.36 bits per heavy atom. The Kier molecular flexibility index (Phi) is 6.40. The van der Waals surface area contributed by atoms with Crippen LogP contribution in [0.15, 0.2) is 36.0 Å². The number of methoxy groups -OCH3 is 1. The second kappa shape index (κ2) is 8.73. The summed E-state index contributed by atoms with van der Waals surface area (Å²) in [6.07, 6.45) is 2.83. The van der Waals surface area contributed by atoms with Gasteiger partial charge in [0.15, 0.2) is 0 Å². The van der Waals surface area contributed by atoms with E-state index in [1.165, 1.54) is 0 Å². The molecule has 2 rings (SSSR count). The van der Waals surface area contributed by atoms with Crippen LogP contribution in [0.25, 0.3) is 0 Å². The molecule has 0 bridgehead atoms. The highest BCUT2D eigenvalue weighted by atomic mass is 16.5. The first-order valence-corrected chi connectivity index (χ1v) is 8.10. The fraction of sp³-hybridized carbons (Fsp3) is 0.389. The molecule has 25 heavy (non-hydrogen) atoms. The fourth-order valence-electron chi connectivity index (χ4n) is 2.65. The van der Waals surface area contributed by atoms with E-state index < -0.39 is 5.91 Å². The van der Waals surface area contributed by atoms with E-state index in [1.807, 2.05) is 35.2 Å². The van der Waals surface area contributed by atoms with Crippen molar-refractivity contribution < 1.29 is 14.3 Å². The zero-order valence-electron chi connectivity index (χ0n) is 14.2. The van der Waals surface area contributed by atoms with Crippen molar-refractivity contribution >= 4 is 11.8 Å². The number of primary amides is 1. The summed E-state index contributed by atoms with van der Waals surface area (Å²) in [4.78, 5) is 25.2. The van der Waals surface area contributed by atoms with Gasteiger partial charge in [0.25, 0.3) is 5.91 Å². The topological polar surface area (TPSA) is 108 Å². The van der Waals surface area contributed by atoms with E-state index >= 15 is 0 Å². The monoisotopic (exact) mass is 342 g/mol. The molecule has 0 saturated carbocycles. The Balaban J connectivity index is 1.89. The lowest BCUT2D eigenvalue weighted by Gasteiger charge is -2.29. The van der Waals surface area contributed by atoms with Gasteiger partial charge in [0.2, 0.25) is 5.91 Å². The Bertz CT molecular complexity index is 683. The summed E-state index contributed by atoms with van der Waals surface area (Å²) in [6.45, 7) is 1.53. The van der Waals surface area contributed by atoms with Crippen LogP contribution in [0.4, 0.5) is 0 Å². The van der Waals surface area contributed by atoms with Crippen molar-refractivity contribution in [2.24, 2.45) is 11.7 Å². The molecule has 0 radical (unpaired) electrons. The average Bonchev–Trinajstić information content (AvgIpc) is 2.64. The lowest BCUT2D eigenvalue weighted by Crippen LogP contribution is -2.36. The number of nitrogens with zero attached hydrogens (tertiary/aromatic N) is 2. The van der Waals surface area contributed by atoms with Gasteiger partial charge < -0.3 is 20.7 Å². The summed E-state index contributed by atoms with van der Waals surface area (Å²) in [6, 6.07) is 9.26. The van der Waals surface area contributed by atoms with Crippen molar-refractivity contribution in [3.05, 3.63) is 41.6 Å². The van der Waals surface area contributed by atoms with Crippen LogP contribution in [0.5, 0.6) is 5.75 Å². The molecule has 7 nitrogen and oxygen atoms in total. The molecule has 0 unspecified atom stereocenters. The van der Waals surface area contributed by atoms with Crippen molar-refractivity contribution in [2.75, 3.05) is 20.2 Å². The van der Waals surface area contributed by atoms with E-state index in [2.05, 4.69) is 5.32 Å². The number of nitrogens with two attached hydrogens (primary N) is 1. The summed E-state index contributed by atoms with van der Waals surface area (Å²) >= 11 is 0. The van der Waals surface area contributed by atoms with Crippen molar-refractivity contribution in [1.82, 2.24) is 10.2 Å². The largest absolute Gasteiger partial charge is 0.497 e. The highest BCUT2D eigenvalue weighted by molar-refractivity contribution is 5.97. The van der Waals surface area contributed by atoms with Gasteiger partial charge >= 0.3 is 0 Å². The molecule has 0 spiro atoms. The molecule has 1 aliphatic heterocycles. The lowest BCUT2D eigenvalue weighted by molar-refractivity contribution is -0.123. The van der Waals surface area contributed by atoms with E-state index in [0.29, 0.717) is 32.5 Å². The summed E-state index contributed by atoms with van der Waals surface area (Å²) in [5.74, 6) is -0.0946. The van der Waals surface area contributed by atoms with Gasteiger partial charge in [-0.1, -0.05) is 12.1 Å². The minimum absolute atomic E-state index is 0.0473. The number of nitriles is 1. The quantitative estimate of drug-likeness (QED) is 0.590. The van der Waals surface area contributed by atoms with Gasteiger partial charge in [0.1, 0.15) is 17.4 Å². The molecule has 1 aliphatic rings. The second-order valence-corrected chi connectivity index (χ2v) is 5.90. The molecule has 1 fully saturated rings. The smallest absolute Gasteiger partial charge is 0.263 e. The number of likely N-dealkylation sites (tertiary alicyclic amines) is 1. The molecule has 1 aromatic rings. The molecule has 2 amide bonds. The number of nitrogens with one attached hydrogen (secondary N) is 1. The van der Waals surface area contributed by atoms with Crippen LogP contribution in [-0.2, 0) is 16.1 Å². The van der Waals surface area contributed by atoms with Crippen LogP contribution in [0, 0.1) is 17.2 Å². The molecule has 7 heteroatoms. The Morgan fingerprint density at radius 3 is 2.52 bits per heavy atom. The number of carbonyl (C=O) groups excluding carboxylic acids is 2. The second-order valence-electron chi connectivity index (χ2n) is 5.90. The SMILES string of the molecule is COc1ccc(CNC(=O)C(C#N)=CN2CCC(C(N)=O)CC2)cc1. The van der Waals surface area contributed by atoms with E-state index in [9.17, 15) is 14.9 Å². The van der Waals surface area contributed by atoms with Gasteiger partial charge in [0, 0.05) is 31.8 Å². The summed E-state index contributed by atoms with van der Waals surface area (Å²) in [5, 5.41) is 12.0. The molecule has 1 aromatic carbocycles. The molecular weight excluding hydrogens is 320 g/mol. The third kappa shape index (κ3) is 5.24. The number of benzene rings is 1. The molecule has 0 aliphatic carbocycles. The molecule has 1 heterocycles. The average molecular weight is 342 g/mol. The zero-order chi connectivity index (χ0) is 18.2. The van der Waals surface area contributed by atoms with E-state index in [1.54, 1.807) is 13.3 Å². The molecule has 0 aromatic heterocycles. The van der Waals surface area contributed by atoms with Crippen molar-refractivity contribution in [2.45, 2.75) is 19.4 Å². The van der Waals surface area contributed by atoms with E-state index in [0.717, 1.165) is 11.3 Å². The Morgan fingerprint density at radius 2 is 2.00 bits per heavy atom. The summed E-state index contributed by atoms with van der Waals surface area (Å²) in [5.41, 5.74) is 6.26. The van der Waals surface area contributed by atoms with Crippen LogP contribution in [0.2, 0.25) is 0 Å². The maximum Gasteiger partial charge on any atom is 0.263 e. The molecular formula is C18H22N4O3. The van der Waals surface area contributed by atoms with Crippen LogP contribution < -0.4 is 15.8 Å². The molecule has 1 saturated heterocycles. The van der Waals surface area contributed by atoms with Crippen LogP contribution >= 0.6 is 0 Å². The van der Waals surface area contributed by atoms with Crippen molar-refractivity contribution in [3.63, 3.8) is 0 Å². The minimum Gasteiger partial charge on any atom is -0.497 e. The van der Waals surface area contributed by atoms with E-state index in [-0.39, 0.29) is 17.4 Å². The number of carbonyl (C=O) groups is 2. The van der Waals surface area contributed by atoms with Crippen LogP contribution in [0.3, 0.4) is 0 Å². The van der Waals surface area contributed by atoms with Gasteiger partial charge in [-0.05, 0) is 30.5 Å². The van der Waals surface area contributed by atoms with Crippen molar-refractivity contribution in [3.8, 4) is 11.8 Å². The Labute approximate surface area is 147 Å². The van der Waals surface area contributed by atoms with Gasteiger partial charge in [-0.3, -0.25) is 9.59 Å². The molecule has 0 atom stereocenters. The number of hydrogen-bond acceptors (Lipinski definition) is 5.